The molecule has 0 bridgehead atoms. The fourth-order valence-corrected chi connectivity index (χ4v) is 1.80. The fraction of sp³-hybridized carbons (Fsp3) is 0.364. The number of fused-ring (bicyclic) bond motifs is 1. The molecule has 0 saturated heterocycles. The Balaban J connectivity index is 2.58. The van der Waals surface area contributed by atoms with E-state index in [1.807, 2.05) is 13.0 Å². The maximum Gasteiger partial charge on any atom is 0.339 e. The first-order valence-electron chi connectivity index (χ1n) is 4.68. The van der Waals surface area contributed by atoms with Gasteiger partial charge in [-0.3, -0.25) is 0 Å². The average molecular weight is 192 g/mol. The molecule has 1 aliphatic heterocycles. The molecule has 1 aromatic carbocycles. The Morgan fingerprint density at radius 1 is 1.50 bits per heavy atom. The van der Waals surface area contributed by atoms with Crippen molar-refractivity contribution in [3.63, 3.8) is 0 Å². The van der Waals surface area contributed by atoms with Crippen molar-refractivity contribution in [3.8, 4) is 5.75 Å². The number of hydrogen-bond donors (Lipinski definition) is 1. The van der Waals surface area contributed by atoms with Crippen molar-refractivity contribution in [1.82, 2.24) is 0 Å². The maximum absolute atomic E-state index is 10.9. The normalized spacial score (nSPS) is 14.4. The minimum atomic E-state index is -0.910. The van der Waals surface area contributed by atoms with Crippen molar-refractivity contribution < 1.29 is 14.6 Å². The third-order valence-electron chi connectivity index (χ3n) is 2.38. The Kier molecular flexibility index (Phi) is 2.15. The first kappa shape index (κ1) is 9.06. The van der Waals surface area contributed by atoms with Gasteiger partial charge in [0.2, 0.25) is 0 Å². The van der Waals surface area contributed by atoms with Gasteiger partial charge in [0.15, 0.2) is 0 Å². The van der Waals surface area contributed by atoms with E-state index in [9.17, 15) is 4.79 Å². The molecule has 0 aliphatic carbocycles. The first-order chi connectivity index (χ1) is 6.68. The van der Waals surface area contributed by atoms with Crippen molar-refractivity contribution in [2.24, 2.45) is 0 Å². The van der Waals surface area contributed by atoms with Gasteiger partial charge in [0.1, 0.15) is 11.3 Å². The highest BCUT2D eigenvalue weighted by Crippen LogP contribution is 2.30. The van der Waals surface area contributed by atoms with Gasteiger partial charge >= 0.3 is 5.97 Å². The van der Waals surface area contributed by atoms with E-state index in [0.717, 1.165) is 24.0 Å². The maximum atomic E-state index is 10.9. The van der Waals surface area contributed by atoms with Crippen LogP contribution in [0.25, 0.3) is 0 Å². The van der Waals surface area contributed by atoms with Crippen LogP contribution in [0, 0.1) is 6.92 Å². The van der Waals surface area contributed by atoms with Gasteiger partial charge in [0.05, 0.1) is 6.61 Å². The predicted octanol–water partition coefficient (Wildman–Crippen LogP) is 2.02. The molecule has 1 N–H and O–H groups in total. The molecule has 0 atom stereocenters. The lowest BCUT2D eigenvalue weighted by Crippen LogP contribution is -2.13. The van der Waals surface area contributed by atoms with E-state index in [1.165, 1.54) is 0 Å². The van der Waals surface area contributed by atoms with E-state index in [4.69, 9.17) is 9.84 Å². The van der Waals surface area contributed by atoms with Crippen LogP contribution in [0.1, 0.15) is 27.9 Å². The van der Waals surface area contributed by atoms with Crippen LogP contribution >= 0.6 is 0 Å². The third-order valence-corrected chi connectivity index (χ3v) is 2.38. The van der Waals surface area contributed by atoms with E-state index >= 15 is 0 Å². The van der Waals surface area contributed by atoms with Crippen LogP contribution in [0.3, 0.4) is 0 Å². The number of carboxylic acid groups (broad SMARTS) is 1. The van der Waals surface area contributed by atoms with Gasteiger partial charge in [0.25, 0.3) is 0 Å². The number of aromatic carboxylic acids is 1. The van der Waals surface area contributed by atoms with Crippen molar-refractivity contribution in [3.05, 3.63) is 28.8 Å². The van der Waals surface area contributed by atoms with Crippen LogP contribution in [-0.4, -0.2) is 17.7 Å². The molecule has 0 fully saturated rings. The van der Waals surface area contributed by atoms with Crippen molar-refractivity contribution in [2.45, 2.75) is 19.8 Å². The smallest absolute Gasteiger partial charge is 0.339 e. The van der Waals surface area contributed by atoms with E-state index in [0.29, 0.717) is 17.9 Å². The summed E-state index contributed by atoms with van der Waals surface area (Å²) in [6.07, 6.45) is 1.88. The minimum Gasteiger partial charge on any atom is -0.492 e. The van der Waals surface area contributed by atoms with E-state index < -0.39 is 5.97 Å². The zero-order valence-electron chi connectivity index (χ0n) is 8.04. The molecule has 2 rings (SSSR count). The monoisotopic (exact) mass is 192 g/mol. The number of carboxylic acids is 1. The number of ether oxygens (including phenoxy) is 1. The Labute approximate surface area is 82.3 Å². The summed E-state index contributed by atoms with van der Waals surface area (Å²) in [6, 6.07) is 3.66. The van der Waals surface area contributed by atoms with Crippen LogP contribution in [0.15, 0.2) is 12.1 Å². The molecule has 1 heterocycles. The quantitative estimate of drug-likeness (QED) is 0.740. The molecule has 1 aromatic rings. The molecule has 0 spiro atoms. The summed E-state index contributed by atoms with van der Waals surface area (Å²) >= 11 is 0. The summed E-state index contributed by atoms with van der Waals surface area (Å²) in [6.45, 7) is 2.53. The van der Waals surface area contributed by atoms with Crippen molar-refractivity contribution in [1.29, 1.82) is 0 Å². The Bertz CT molecular complexity index is 382. The topological polar surface area (TPSA) is 46.5 Å². The van der Waals surface area contributed by atoms with E-state index in [2.05, 4.69) is 0 Å². The highest BCUT2D eigenvalue weighted by molar-refractivity contribution is 5.91. The summed E-state index contributed by atoms with van der Waals surface area (Å²) < 4.78 is 5.39. The van der Waals surface area contributed by atoms with Crippen LogP contribution < -0.4 is 4.74 Å². The molecular weight excluding hydrogens is 180 g/mol. The third kappa shape index (κ3) is 1.45. The molecule has 3 nitrogen and oxygen atoms in total. The van der Waals surface area contributed by atoms with E-state index in [1.54, 1.807) is 6.07 Å². The van der Waals surface area contributed by atoms with Crippen LogP contribution in [-0.2, 0) is 6.42 Å². The molecule has 0 unspecified atom stereocenters. The number of benzene rings is 1. The lowest BCUT2D eigenvalue weighted by Gasteiger charge is -2.19. The number of carbonyl (C=O) groups is 1. The summed E-state index contributed by atoms with van der Waals surface area (Å²) in [5.74, 6) is -0.346. The summed E-state index contributed by atoms with van der Waals surface area (Å²) in [7, 11) is 0. The van der Waals surface area contributed by atoms with Gasteiger partial charge in [-0.15, -0.1) is 0 Å². The summed E-state index contributed by atoms with van der Waals surface area (Å²) in [5, 5.41) is 8.99. The number of rotatable bonds is 1. The van der Waals surface area contributed by atoms with Gasteiger partial charge in [-0.05, 0) is 37.0 Å². The largest absolute Gasteiger partial charge is 0.492 e. The second-order valence-electron chi connectivity index (χ2n) is 3.56. The van der Waals surface area contributed by atoms with Crippen LogP contribution in [0.5, 0.6) is 5.75 Å². The second-order valence-corrected chi connectivity index (χ2v) is 3.56. The molecular formula is C11H12O3. The fourth-order valence-electron chi connectivity index (χ4n) is 1.80. The second kappa shape index (κ2) is 3.33. The lowest BCUT2D eigenvalue weighted by molar-refractivity contribution is 0.0691. The molecule has 74 valence electrons. The Morgan fingerprint density at radius 3 is 3.00 bits per heavy atom. The highest BCUT2D eigenvalue weighted by Gasteiger charge is 2.19. The molecule has 3 heteroatoms. The SMILES string of the molecule is Cc1cc2c(c(C(=O)O)c1)OCCC2. The molecule has 14 heavy (non-hydrogen) atoms. The zero-order chi connectivity index (χ0) is 10.1. The minimum absolute atomic E-state index is 0.291. The Morgan fingerprint density at radius 2 is 2.29 bits per heavy atom. The lowest BCUT2D eigenvalue weighted by atomic mass is 9.99. The first-order valence-corrected chi connectivity index (χ1v) is 4.68. The van der Waals surface area contributed by atoms with Gasteiger partial charge in [0, 0.05) is 0 Å². The summed E-state index contributed by atoms with van der Waals surface area (Å²) in [5.41, 5.74) is 2.29. The zero-order valence-corrected chi connectivity index (χ0v) is 8.04. The molecule has 1 aliphatic rings. The molecule has 0 saturated carbocycles. The van der Waals surface area contributed by atoms with Crippen molar-refractivity contribution in [2.75, 3.05) is 6.61 Å². The van der Waals surface area contributed by atoms with Crippen LogP contribution in [0.4, 0.5) is 0 Å². The van der Waals surface area contributed by atoms with Gasteiger partial charge < -0.3 is 9.84 Å². The number of hydrogen-bond acceptors (Lipinski definition) is 2. The van der Waals surface area contributed by atoms with E-state index in [-0.39, 0.29) is 0 Å². The van der Waals surface area contributed by atoms with Gasteiger partial charge in [-0.1, -0.05) is 6.07 Å². The summed E-state index contributed by atoms with van der Waals surface area (Å²) in [4.78, 5) is 10.9. The Hall–Kier alpha value is -1.51. The molecule has 0 amide bonds. The molecule has 0 radical (unpaired) electrons. The predicted molar refractivity (Wildman–Crippen MR) is 52.0 cm³/mol. The average Bonchev–Trinajstić information content (AvgIpc) is 2.16. The highest BCUT2D eigenvalue weighted by atomic mass is 16.5. The van der Waals surface area contributed by atoms with Gasteiger partial charge in [-0.25, -0.2) is 4.79 Å². The molecule has 0 aromatic heterocycles. The number of aryl methyl sites for hydroxylation is 2. The standard InChI is InChI=1S/C11H12O3/c1-7-5-8-3-2-4-14-10(8)9(6-7)11(12)13/h5-6H,2-4H2,1H3,(H,12,13). The van der Waals surface area contributed by atoms with Crippen molar-refractivity contribution >= 4 is 5.97 Å². The van der Waals surface area contributed by atoms with Crippen LogP contribution in [0.2, 0.25) is 0 Å². The van der Waals surface area contributed by atoms with Gasteiger partial charge in [-0.2, -0.15) is 0 Å².